The molecule has 1 heteroatoms. The van der Waals surface area contributed by atoms with Crippen LogP contribution in [0.25, 0.3) is 0 Å². The van der Waals surface area contributed by atoms with E-state index in [0.29, 0.717) is 0 Å². The Hall–Kier alpha value is -0.300. The summed E-state index contributed by atoms with van der Waals surface area (Å²) in [6.07, 6.45) is 5.05. The van der Waals surface area contributed by atoms with Crippen LogP contribution >= 0.6 is 0 Å². The molecule has 46 valence electrons. The van der Waals surface area contributed by atoms with Crippen molar-refractivity contribution < 1.29 is 5.11 Å². The molecule has 0 aromatic carbocycles. The molecule has 0 spiro atoms. The van der Waals surface area contributed by atoms with E-state index in [0.717, 1.165) is 19.3 Å². The van der Waals surface area contributed by atoms with Gasteiger partial charge in [-0.15, -0.1) is 0 Å². The van der Waals surface area contributed by atoms with Crippen LogP contribution in [0.3, 0.4) is 0 Å². The maximum Gasteiger partial charge on any atom is 0.0580 e. The van der Waals surface area contributed by atoms with Crippen LogP contribution in [0, 0.1) is 0 Å². The summed E-state index contributed by atoms with van der Waals surface area (Å²) in [7, 11) is 0. The van der Waals surface area contributed by atoms with Gasteiger partial charge < -0.3 is 5.11 Å². The summed E-state index contributed by atoms with van der Waals surface area (Å²) in [5.74, 6) is 0. The number of hydrogen-bond donors (Lipinski definition) is 1. The third kappa shape index (κ3) is 1.34. The Bertz CT molecular complexity index is 105. The summed E-state index contributed by atoms with van der Waals surface area (Å²) in [6.45, 7) is 2.07. The fourth-order valence-electron chi connectivity index (χ4n) is 1.08. The number of hydrogen-bond acceptors (Lipinski definition) is 1. The number of rotatable bonds is 0. The van der Waals surface area contributed by atoms with Gasteiger partial charge in [-0.05, 0) is 26.2 Å². The first-order valence-electron chi connectivity index (χ1n) is 3.13. The van der Waals surface area contributed by atoms with Crippen LogP contribution in [0.1, 0.15) is 26.2 Å². The minimum Gasteiger partial charge on any atom is -0.393 e. The van der Waals surface area contributed by atoms with Gasteiger partial charge in [0.1, 0.15) is 0 Å². The van der Waals surface area contributed by atoms with Crippen LogP contribution in [0.15, 0.2) is 11.6 Å². The number of aliphatic hydroxyl groups excluding tert-OH is 1. The van der Waals surface area contributed by atoms with Crippen LogP contribution in [-0.4, -0.2) is 11.2 Å². The van der Waals surface area contributed by atoms with E-state index in [2.05, 4.69) is 13.0 Å². The molecule has 0 fully saturated rings. The molecule has 0 unspecified atom stereocenters. The van der Waals surface area contributed by atoms with Gasteiger partial charge in [0.25, 0.3) is 0 Å². The summed E-state index contributed by atoms with van der Waals surface area (Å²) in [5.41, 5.74) is 1.34. The van der Waals surface area contributed by atoms with Crippen molar-refractivity contribution in [3.8, 4) is 0 Å². The molecule has 0 aromatic heterocycles. The Labute approximate surface area is 50.0 Å². The van der Waals surface area contributed by atoms with Crippen molar-refractivity contribution in [3.05, 3.63) is 11.6 Å². The second kappa shape index (κ2) is 2.31. The SMILES string of the molecule is CC1=CCC[C@@H](O)C1. The average Bonchev–Trinajstić information content (AvgIpc) is 1.64. The number of allylic oxidation sites excluding steroid dienone is 1. The molecule has 0 amide bonds. The second-order valence-electron chi connectivity index (χ2n) is 2.49. The fraction of sp³-hybridized carbons (Fsp3) is 0.714. The molecule has 0 aromatic rings. The van der Waals surface area contributed by atoms with Crippen LogP contribution < -0.4 is 0 Å². The first kappa shape index (κ1) is 5.83. The lowest BCUT2D eigenvalue weighted by Crippen LogP contribution is -2.09. The molecule has 0 saturated carbocycles. The highest BCUT2D eigenvalue weighted by molar-refractivity contribution is 5.03. The summed E-state index contributed by atoms with van der Waals surface area (Å²) in [6, 6.07) is 0. The Balaban J connectivity index is 2.45. The van der Waals surface area contributed by atoms with Crippen LogP contribution in [0.5, 0.6) is 0 Å². The van der Waals surface area contributed by atoms with Crippen LogP contribution in [0.4, 0.5) is 0 Å². The highest BCUT2D eigenvalue weighted by atomic mass is 16.3. The van der Waals surface area contributed by atoms with Crippen molar-refractivity contribution in [2.45, 2.75) is 32.3 Å². The fourth-order valence-corrected chi connectivity index (χ4v) is 1.08. The normalized spacial score (nSPS) is 29.8. The van der Waals surface area contributed by atoms with Crippen LogP contribution in [0.2, 0.25) is 0 Å². The van der Waals surface area contributed by atoms with E-state index in [9.17, 15) is 0 Å². The van der Waals surface area contributed by atoms with Gasteiger partial charge >= 0.3 is 0 Å². The molecule has 0 aliphatic heterocycles. The molecule has 1 aliphatic rings. The van der Waals surface area contributed by atoms with E-state index in [4.69, 9.17) is 5.11 Å². The quantitative estimate of drug-likeness (QED) is 0.470. The monoisotopic (exact) mass is 112 g/mol. The third-order valence-corrected chi connectivity index (χ3v) is 1.55. The van der Waals surface area contributed by atoms with Crippen molar-refractivity contribution in [1.29, 1.82) is 0 Å². The summed E-state index contributed by atoms with van der Waals surface area (Å²) in [5, 5.41) is 9.04. The Morgan fingerprint density at radius 3 is 2.88 bits per heavy atom. The van der Waals surface area contributed by atoms with Gasteiger partial charge in [0.05, 0.1) is 6.10 Å². The van der Waals surface area contributed by atoms with E-state index < -0.39 is 0 Å². The summed E-state index contributed by atoms with van der Waals surface area (Å²) < 4.78 is 0. The molecule has 0 radical (unpaired) electrons. The van der Waals surface area contributed by atoms with Gasteiger partial charge in [-0.2, -0.15) is 0 Å². The molecule has 8 heavy (non-hydrogen) atoms. The largest absolute Gasteiger partial charge is 0.393 e. The van der Waals surface area contributed by atoms with E-state index in [1.807, 2.05) is 0 Å². The van der Waals surface area contributed by atoms with Gasteiger partial charge in [-0.3, -0.25) is 0 Å². The molecule has 1 N–H and O–H groups in total. The van der Waals surface area contributed by atoms with Crippen molar-refractivity contribution in [2.24, 2.45) is 0 Å². The lowest BCUT2D eigenvalue weighted by molar-refractivity contribution is 0.160. The molecule has 0 bridgehead atoms. The minimum absolute atomic E-state index is 0.0556. The topological polar surface area (TPSA) is 20.2 Å². The maximum absolute atomic E-state index is 9.04. The first-order chi connectivity index (χ1) is 3.79. The molecule has 1 nitrogen and oxygen atoms in total. The molecular weight excluding hydrogens is 100 g/mol. The van der Waals surface area contributed by atoms with E-state index in [-0.39, 0.29) is 6.10 Å². The third-order valence-electron chi connectivity index (χ3n) is 1.55. The molecule has 1 atom stereocenters. The van der Waals surface area contributed by atoms with Gasteiger partial charge in [-0.25, -0.2) is 0 Å². The summed E-state index contributed by atoms with van der Waals surface area (Å²) in [4.78, 5) is 0. The van der Waals surface area contributed by atoms with E-state index in [1.54, 1.807) is 0 Å². The Kier molecular flexibility index (Phi) is 1.69. The van der Waals surface area contributed by atoms with Gasteiger partial charge in [0, 0.05) is 0 Å². The van der Waals surface area contributed by atoms with E-state index in [1.165, 1.54) is 5.57 Å². The lowest BCUT2D eigenvalue weighted by Gasteiger charge is -2.14. The van der Waals surface area contributed by atoms with Crippen molar-refractivity contribution in [1.82, 2.24) is 0 Å². The van der Waals surface area contributed by atoms with Crippen molar-refractivity contribution >= 4 is 0 Å². The lowest BCUT2D eigenvalue weighted by atomic mass is 9.98. The van der Waals surface area contributed by atoms with Gasteiger partial charge in [-0.1, -0.05) is 11.6 Å². The minimum atomic E-state index is -0.0556. The first-order valence-corrected chi connectivity index (χ1v) is 3.13. The zero-order chi connectivity index (χ0) is 5.98. The zero-order valence-corrected chi connectivity index (χ0v) is 5.22. The highest BCUT2D eigenvalue weighted by Gasteiger charge is 2.07. The van der Waals surface area contributed by atoms with Gasteiger partial charge in [0.15, 0.2) is 0 Å². The summed E-state index contributed by atoms with van der Waals surface area (Å²) >= 11 is 0. The molecule has 1 aliphatic carbocycles. The van der Waals surface area contributed by atoms with Gasteiger partial charge in [0.2, 0.25) is 0 Å². The van der Waals surface area contributed by atoms with Crippen molar-refractivity contribution in [3.63, 3.8) is 0 Å². The predicted octanol–water partition coefficient (Wildman–Crippen LogP) is 1.48. The number of aliphatic hydroxyl groups is 1. The van der Waals surface area contributed by atoms with Crippen molar-refractivity contribution in [2.75, 3.05) is 0 Å². The molecule has 0 heterocycles. The Morgan fingerprint density at radius 2 is 2.50 bits per heavy atom. The predicted molar refractivity (Wildman–Crippen MR) is 33.6 cm³/mol. The highest BCUT2D eigenvalue weighted by Crippen LogP contribution is 2.16. The smallest absolute Gasteiger partial charge is 0.0580 e. The van der Waals surface area contributed by atoms with Crippen LogP contribution in [-0.2, 0) is 0 Å². The zero-order valence-electron chi connectivity index (χ0n) is 5.22. The maximum atomic E-state index is 9.04. The molecular formula is C7H12O. The molecule has 0 saturated heterocycles. The second-order valence-corrected chi connectivity index (χ2v) is 2.49. The van der Waals surface area contributed by atoms with E-state index >= 15 is 0 Å². The Morgan fingerprint density at radius 1 is 1.75 bits per heavy atom. The standard InChI is InChI=1S/C7H12O/c1-6-3-2-4-7(8)5-6/h3,7-8H,2,4-5H2,1H3/t7-/m1/s1. The molecule has 1 rings (SSSR count). The average molecular weight is 112 g/mol.